The van der Waals surface area contributed by atoms with E-state index in [1.165, 1.54) is 6.07 Å². The van der Waals surface area contributed by atoms with Gasteiger partial charge in [0.15, 0.2) is 0 Å². The smallest absolute Gasteiger partial charge is 0.265 e. The van der Waals surface area contributed by atoms with Gasteiger partial charge in [0, 0.05) is 10.7 Å². The van der Waals surface area contributed by atoms with Crippen molar-refractivity contribution in [2.75, 3.05) is 0 Å². The highest BCUT2D eigenvalue weighted by Gasteiger charge is 2.17. The summed E-state index contributed by atoms with van der Waals surface area (Å²) in [4.78, 5) is -0.0204. The lowest BCUT2D eigenvalue weighted by molar-refractivity contribution is 0.468. The fourth-order valence-corrected chi connectivity index (χ4v) is 2.54. The third kappa shape index (κ3) is 3.03. The normalized spacial score (nSPS) is 11.2. The Kier molecular flexibility index (Phi) is 3.59. The summed E-state index contributed by atoms with van der Waals surface area (Å²) in [6.07, 6.45) is 0. The lowest BCUT2D eigenvalue weighted by Crippen LogP contribution is -1.96. The molecule has 0 atom stereocenters. The van der Waals surface area contributed by atoms with E-state index in [9.17, 15) is 8.42 Å². The van der Waals surface area contributed by atoms with Gasteiger partial charge in [-0.2, -0.15) is 0 Å². The number of ether oxygens (including phenoxy) is 1. The van der Waals surface area contributed by atoms with Crippen LogP contribution >= 0.6 is 10.7 Å². The molecule has 3 nitrogen and oxygen atoms in total. The summed E-state index contributed by atoms with van der Waals surface area (Å²) < 4.78 is 28.5. The van der Waals surface area contributed by atoms with Crippen molar-refractivity contribution in [2.45, 2.75) is 11.8 Å². The van der Waals surface area contributed by atoms with Gasteiger partial charge in [0.05, 0.1) is 0 Å². The molecule has 0 radical (unpaired) electrons. The second kappa shape index (κ2) is 5.00. The van der Waals surface area contributed by atoms with Crippen molar-refractivity contribution in [1.82, 2.24) is 0 Å². The van der Waals surface area contributed by atoms with Crippen LogP contribution < -0.4 is 4.74 Å². The summed E-state index contributed by atoms with van der Waals surface area (Å²) in [6.45, 7) is 1.79. The Morgan fingerprint density at radius 3 is 2.33 bits per heavy atom. The van der Waals surface area contributed by atoms with Crippen LogP contribution in [0.1, 0.15) is 5.56 Å². The molecule has 0 unspecified atom stereocenters. The highest BCUT2D eigenvalue weighted by atomic mass is 35.7. The minimum absolute atomic E-state index is 0.0204. The monoisotopic (exact) mass is 282 g/mol. The van der Waals surface area contributed by atoms with E-state index in [1.807, 2.05) is 6.07 Å². The Balaban J connectivity index is 2.46. The maximum absolute atomic E-state index is 11.5. The van der Waals surface area contributed by atoms with Crippen molar-refractivity contribution in [2.24, 2.45) is 0 Å². The highest BCUT2D eigenvalue weighted by Crippen LogP contribution is 2.31. The molecule has 0 amide bonds. The van der Waals surface area contributed by atoms with Crippen molar-refractivity contribution in [3.8, 4) is 11.5 Å². The average Bonchev–Trinajstić information content (AvgIpc) is 2.31. The highest BCUT2D eigenvalue weighted by molar-refractivity contribution is 8.13. The molecule has 0 aliphatic carbocycles. The van der Waals surface area contributed by atoms with Gasteiger partial charge in [0.2, 0.25) is 0 Å². The lowest BCUT2D eigenvalue weighted by Gasteiger charge is -2.09. The number of aryl methyl sites for hydroxylation is 1. The van der Waals surface area contributed by atoms with Crippen LogP contribution in [0.4, 0.5) is 0 Å². The van der Waals surface area contributed by atoms with Crippen LogP contribution in [0.3, 0.4) is 0 Å². The molecule has 0 spiro atoms. The predicted octanol–water partition coefficient (Wildman–Crippen LogP) is 3.71. The fraction of sp³-hybridized carbons (Fsp3) is 0.0769. The van der Waals surface area contributed by atoms with E-state index in [1.54, 1.807) is 43.3 Å². The van der Waals surface area contributed by atoms with E-state index in [0.29, 0.717) is 5.75 Å². The molecule has 0 fully saturated rings. The van der Waals surface area contributed by atoms with Gasteiger partial charge in [-0.05, 0) is 36.8 Å². The molecule has 0 aliphatic rings. The zero-order valence-corrected chi connectivity index (χ0v) is 11.2. The van der Waals surface area contributed by atoms with E-state index in [-0.39, 0.29) is 10.6 Å². The van der Waals surface area contributed by atoms with Crippen molar-refractivity contribution in [3.05, 3.63) is 54.1 Å². The van der Waals surface area contributed by atoms with E-state index in [4.69, 9.17) is 15.4 Å². The van der Waals surface area contributed by atoms with Crippen LogP contribution in [-0.2, 0) is 9.05 Å². The van der Waals surface area contributed by atoms with Crippen molar-refractivity contribution >= 4 is 19.7 Å². The van der Waals surface area contributed by atoms with Crippen molar-refractivity contribution < 1.29 is 13.2 Å². The third-order valence-electron chi connectivity index (χ3n) is 2.33. The summed E-state index contributed by atoms with van der Waals surface area (Å²) in [5.74, 6) is 0.782. The molecule has 0 saturated heterocycles. The molecule has 0 heterocycles. The van der Waals surface area contributed by atoms with Gasteiger partial charge in [-0.3, -0.25) is 0 Å². The van der Waals surface area contributed by atoms with Crippen molar-refractivity contribution in [3.63, 3.8) is 0 Å². The number of para-hydroxylation sites is 1. The first-order valence-corrected chi connectivity index (χ1v) is 7.56. The summed E-state index contributed by atoms with van der Waals surface area (Å²) >= 11 is 0. The predicted molar refractivity (Wildman–Crippen MR) is 70.7 cm³/mol. The first-order chi connectivity index (χ1) is 8.47. The molecule has 0 bridgehead atoms. The number of benzene rings is 2. The van der Waals surface area contributed by atoms with E-state index < -0.39 is 9.05 Å². The minimum atomic E-state index is -3.83. The van der Waals surface area contributed by atoms with E-state index >= 15 is 0 Å². The molecular weight excluding hydrogens is 272 g/mol. The van der Waals surface area contributed by atoms with Crippen LogP contribution in [0.2, 0.25) is 0 Å². The second-order valence-electron chi connectivity index (χ2n) is 3.80. The zero-order chi connectivity index (χ0) is 13.2. The van der Waals surface area contributed by atoms with Gasteiger partial charge in [-0.15, -0.1) is 0 Å². The quantitative estimate of drug-likeness (QED) is 0.806. The molecule has 0 N–H and O–H groups in total. The van der Waals surface area contributed by atoms with E-state index in [0.717, 1.165) is 5.56 Å². The number of hydrogen-bond donors (Lipinski definition) is 0. The Labute approximate surface area is 110 Å². The standard InChI is InChI=1S/C13H11ClO3S/c1-10-7-8-12(13(9-10)18(14,15)16)17-11-5-3-2-4-6-11/h2-9H,1H3. The van der Waals surface area contributed by atoms with Gasteiger partial charge < -0.3 is 4.74 Å². The van der Waals surface area contributed by atoms with Crippen LogP contribution in [0.25, 0.3) is 0 Å². The topological polar surface area (TPSA) is 43.4 Å². The summed E-state index contributed by atoms with van der Waals surface area (Å²) in [5, 5.41) is 0. The van der Waals surface area contributed by atoms with Crippen LogP contribution in [0, 0.1) is 6.92 Å². The van der Waals surface area contributed by atoms with Crippen LogP contribution in [0.5, 0.6) is 11.5 Å². The maximum Gasteiger partial charge on any atom is 0.265 e. The molecule has 5 heteroatoms. The zero-order valence-electron chi connectivity index (χ0n) is 9.63. The molecule has 0 aliphatic heterocycles. The molecule has 0 aromatic heterocycles. The first kappa shape index (κ1) is 12.9. The Morgan fingerprint density at radius 1 is 1.06 bits per heavy atom. The number of hydrogen-bond acceptors (Lipinski definition) is 3. The van der Waals surface area contributed by atoms with Gasteiger partial charge in [0.1, 0.15) is 16.4 Å². The van der Waals surface area contributed by atoms with Gasteiger partial charge in [0.25, 0.3) is 9.05 Å². The summed E-state index contributed by atoms with van der Waals surface area (Å²) in [7, 11) is 1.57. The Hall–Kier alpha value is -1.52. The first-order valence-electron chi connectivity index (χ1n) is 5.25. The third-order valence-corrected chi connectivity index (χ3v) is 3.68. The van der Waals surface area contributed by atoms with Crippen molar-refractivity contribution in [1.29, 1.82) is 0 Å². The second-order valence-corrected chi connectivity index (χ2v) is 6.34. The number of rotatable bonds is 3. The summed E-state index contributed by atoms with van der Waals surface area (Å²) in [6, 6.07) is 13.8. The minimum Gasteiger partial charge on any atom is -0.456 e. The largest absolute Gasteiger partial charge is 0.456 e. The summed E-state index contributed by atoms with van der Waals surface area (Å²) in [5.41, 5.74) is 0.801. The van der Waals surface area contributed by atoms with Gasteiger partial charge in [-0.25, -0.2) is 8.42 Å². The maximum atomic E-state index is 11.5. The average molecular weight is 283 g/mol. The molecule has 2 aromatic rings. The Morgan fingerprint density at radius 2 is 1.72 bits per heavy atom. The molecule has 18 heavy (non-hydrogen) atoms. The Bertz CT molecular complexity index is 651. The fourth-order valence-electron chi connectivity index (χ4n) is 1.51. The SMILES string of the molecule is Cc1ccc(Oc2ccccc2)c(S(=O)(=O)Cl)c1. The lowest BCUT2D eigenvalue weighted by atomic mass is 10.2. The molecular formula is C13H11ClO3S. The van der Waals surface area contributed by atoms with Gasteiger partial charge in [-0.1, -0.05) is 24.3 Å². The van der Waals surface area contributed by atoms with Crippen LogP contribution in [0.15, 0.2) is 53.4 Å². The van der Waals surface area contributed by atoms with E-state index in [2.05, 4.69) is 0 Å². The molecule has 2 aromatic carbocycles. The molecule has 94 valence electrons. The number of halogens is 1. The van der Waals surface area contributed by atoms with Gasteiger partial charge >= 0.3 is 0 Å². The molecule has 2 rings (SSSR count). The van der Waals surface area contributed by atoms with Crippen LogP contribution in [-0.4, -0.2) is 8.42 Å². The molecule has 0 saturated carbocycles.